The molecule has 0 fully saturated rings. The lowest BCUT2D eigenvalue weighted by Gasteiger charge is -2.17. The van der Waals surface area contributed by atoms with Gasteiger partial charge in [-0.3, -0.25) is 0 Å². The monoisotopic (exact) mass is 193 g/mol. The number of hydrogen-bond donors (Lipinski definition) is 1. The second-order valence-corrected chi connectivity index (χ2v) is 3.33. The highest BCUT2D eigenvalue weighted by Gasteiger charge is 2.01. The molecule has 0 aliphatic heterocycles. The molecule has 0 unspecified atom stereocenters. The minimum Gasteiger partial charge on any atom is -0.370 e. The molecule has 0 radical (unpaired) electrons. The van der Waals surface area contributed by atoms with Gasteiger partial charge in [0.25, 0.3) is 0 Å². The highest BCUT2D eigenvalue weighted by atomic mass is 15.2. The fourth-order valence-corrected chi connectivity index (χ4v) is 1.37. The largest absolute Gasteiger partial charge is 0.370 e. The molecule has 1 aromatic heterocycles. The summed E-state index contributed by atoms with van der Waals surface area (Å²) in [5, 5.41) is 3.21. The number of rotatable bonds is 5. The van der Waals surface area contributed by atoms with Crippen LogP contribution >= 0.6 is 0 Å². The maximum Gasteiger partial charge on any atom is 0.130 e. The Morgan fingerprint density at radius 3 is 2.79 bits per heavy atom. The third-order valence-corrected chi connectivity index (χ3v) is 2.04. The molecule has 1 heterocycles. The van der Waals surface area contributed by atoms with E-state index in [0.717, 1.165) is 31.1 Å². The van der Waals surface area contributed by atoms with Gasteiger partial charge in [0, 0.05) is 20.1 Å². The molecule has 1 rings (SSSR count). The number of nitrogens with one attached hydrogen (secondary N) is 1. The van der Waals surface area contributed by atoms with Gasteiger partial charge in [0.15, 0.2) is 0 Å². The van der Waals surface area contributed by atoms with Gasteiger partial charge in [-0.25, -0.2) is 4.98 Å². The van der Waals surface area contributed by atoms with Gasteiger partial charge in [-0.1, -0.05) is 13.0 Å². The highest BCUT2D eigenvalue weighted by Crippen LogP contribution is 2.12. The smallest absolute Gasteiger partial charge is 0.130 e. The van der Waals surface area contributed by atoms with Gasteiger partial charge in [-0.15, -0.1) is 0 Å². The van der Waals surface area contributed by atoms with Gasteiger partial charge >= 0.3 is 0 Å². The van der Waals surface area contributed by atoms with Crippen LogP contribution in [0.1, 0.15) is 20.3 Å². The zero-order chi connectivity index (χ0) is 10.4. The third kappa shape index (κ3) is 2.91. The van der Waals surface area contributed by atoms with Crippen LogP contribution in [0.3, 0.4) is 0 Å². The summed E-state index contributed by atoms with van der Waals surface area (Å²) >= 11 is 0. The van der Waals surface area contributed by atoms with Crippen molar-refractivity contribution in [2.45, 2.75) is 20.3 Å². The maximum absolute atomic E-state index is 4.50. The molecule has 0 amide bonds. The Balaban J connectivity index is 2.71. The fraction of sp³-hybridized carbons (Fsp3) is 0.545. The van der Waals surface area contributed by atoms with E-state index >= 15 is 0 Å². The van der Waals surface area contributed by atoms with Crippen molar-refractivity contribution in [3.63, 3.8) is 0 Å². The summed E-state index contributed by atoms with van der Waals surface area (Å²) < 4.78 is 0. The summed E-state index contributed by atoms with van der Waals surface area (Å²) in [5.74, 6) is 1.98. The van der Waals surface area contributed by atoms with Gasteiger partial charge in [-0.2, -0.15) is 0 Å². The van der Waals surface area contributed by atoms with Crippen LogP contribution in [-0.2, 0) is 0 Å². The molecule has 14 heavy (non-hydrogen) atoms. The molecule has 1 N–H and O–H groups in total. The summed E-state index contributed by atoms with van der Waals surface area (Å²) in [6, 6.07) is 6.07. The number of hydrogen-bond acceptors (Lipinski definition) is 3. The first-order valence-corrected chi connectivity index (χ1v) is 5.20. The average Bonchev–Trinajstić information content (AvgIpc) is 2.19. The normalized spacial score (nSPS) is 9.93. The van der Waals surface area contributed by atoms with Crippen molar-refractivity contribution in [3.05, 3.63) is 18.2 Å². The van der Waals surface area contributed by atoms with Crippen LogP contribution in [0.25, 0.3) is 0 Å². The summed E-state index contributed by atoms with van der Waals surface area (Å²) in [7, 11) is 2.07. The molecular formula is C11H19N3. The van der Waals surface area contributed by atoms with E-state index in [1.807, 2.05) is 18.2 Å². The van der Waals surface area contributed by atoms with Gasteiger partial charge in [0.05, 0.1) is 0 Å². The summed E-state index contributed by atoms with van der Waals surface area (Å²) in [6.45, 7) is 6.20. The lowest BCUT2D eigenvalue weighted by molar-refractivity contribution is 0.838. The van der Waals surface area contributed by atoms with Crippen LogP contribution in [0, 0.1) is 0 Å². The Labute approximate surface area is 86.2 Å². The van der Waals surface area contributed by atoms with E-state index in [1.54, 1.807) is 0 Å². The van der Waals surface area contributed by atoms with Crippen LogP contribution < -0.4 is 10.2 Å². The van der Waals surface area contributed by atoms with Crippen LogP contribution in [0.5, 0.6) is 0 Å². The van der Waals surface area contributed by atoms with Gasteiger partial charge in [0.2, 0.25) is 0 Å². The van der Waals surface area contributed by atoms with E-state index in [-0.39, 0.29) is 0 Å². The van der Waals surface area contributed by atoms with Gasteiger partial charge in [-0.05, 0) is 25.5 Å². The van der Waals surface area contributed by atoms with E-state index in [9.17, 15) is 0 Å². The molecule has 0 aromatic carbocycles. The van der Waals surface area contributed by atoms with Crippen molar-refractivity contribution in [2.75, 3.05) is 30.4 Å². The molecular weight excluding hydrogens is 174 g/mol. The first-order valence-electron chi connectivity index (χ1n) is 5.20. The van der Waals surface area contributed by atoms with Crippen molar-refractivity contribution in [1.82, 2.24) is 4.98 Å². The van der Waals surface area contributed by atoms with Crippen LogP contribution in [0.15, 0.2) is 18.2 Å². The van der Waals surface area contributed by atoms with E-state index in [0.29, 0.717) is 0 Å². The first-order chi connectivity index (χ1) is 6.77. The predicted molar refractivity (Wildman–Crippen MR) is 62.0 cm³/mol. The second kappa shape index (κ2) is 5.47. The Hall–Kier alpha value is -1.25. The highest BCUT2D eigenvalue weighted by molar-refractivity contribution is 5.46. The minimum absolute atomic E-state index is 0.911. The molecule has 3 nitrogen and oxygen atoms in total. The SMILES string of the molecule is CCCN(C)c1cccc(NCC)n1. The lowest BCUT2D eigenvalue weighted by atomic mass is 10.4. The fourth-order valence-electron chi connectivity index (χ4n) is 1.37. The zero-order valence-electron chi connectivity index (χ0n) is 9.25. The van der Waals surface area contributed by atoms with E-state index in [2.05, 4.69) is 36.1 Å². The van der Waals surface area contributed by atoms with Crippen molar-refractivity contribution in [3.8, 4) is 0 Å². The van der Waals surface area contributed by atoms with Crippen molar-refractivity contribution in [1.29, 1.82) is 0 Å². The number of anilines is 2. The van der Waals surface area contributed by atoms with Crippen molar-refractivity contribution in [2.24, 2.45) is 0 Å². The van der Waals surface area contributed by atoms with Crippen molar-refractivity contribution >= 4 is 11.6 Å². The standard InChI is InChI=1S/C11H19N3/c1-4-9-14(3)11-8-6-7-10(13-11)12-5-2/h6-8H,4-5,9H2,1-3H3,(H,12,13). The Morgan fingerprint density at radius 2 is 2.14 bits per heavy atom. The molecule has 3 heteroatoms. The van der Waals surface area contributed by atoms with Crippen molar-refractivity contribution < 1.29 is 0 Å². The maximum atomic E-state index is 4.50. The van der Waals surface area contributed by atoms with Crippen LogP contribution in [0.4, 0.5) is 11.6 Å². The molecule has 1 aromatic rings. The Kier molecular flexibility index (Phi) is 4.23. The topological polar surface area (TPSA) is 28.2 Å². The average molecular weight is 193 g/mol. The first kappa shape index (κ1) is 10.8. The summed E-state index contributed by atoms with van der Waals surface area (Å²) in [6.07, 6.45) is 1.14. The molecule has 0 aliphatic carbocycles. The number of pyridine rings is 1. The quantitative estimate of drug-likeness (QED) is 0.778. The van der Waals surface area contributed by atoms with Crippen LogP contribution in [-0.4, -0.2) is 25.1 Å². The van der Waals surface area contributed by atoms with Gasteiger partial charge in [0.1, 0.15) is 11.6 Å². The van der Waals surface area contributed by atoms with E-state index < -0.39 is 0 Å². The van der Waals surface area contributed by atoms with E-state index in [4.69, 9.17) is 0 Å². The second-order valence-electron chi connectivity index (χ2n) is 3.33. The third-order valence-electron chi connectivity index (χ3n) is 2.04. The Bertz CT molecular complexity index is 273. The zero-order valence-corrected chi connectivity index (χ0v) is 9.25. The number of aromatic nitrogens is 1. The molecule has 0 aliphatic rings. The summed E-state index contributed by atoms with van der Waals surface area (Å²) in [5.41, 5.74) is 0. The predicted octanol–water partition coefficient (Wildman–Crippen LogP) is 2.36. The molecule has 0 spiro atoms. The molecule has 78 valence electrons. The summed E-state index contributed by atoms with van der Waals surface area (Å²) in [4.78, 5) is 6.66. The molecule has 0 saturated carbocycles. The molecule has 0 saturated heterocycles. The number of nitrogens with zero attached hydrogens (tertiary/aromatic N) is 2. The van der Waals surface area contributed by atoms with Crippen LogP contribution in [0.2, 0.25) is 0 Å². The molecule has 0 atom stereocenters. The van der Waals surface area contributed by atoms with E-state index in [1.165, 1.54) is 0 Å². The lowest BCUT2D eigenvalue weighted by Crippen LogP contribution is -2.19. The van der Waals surface area contributed by atoms with Gasteiger partial charge < -0.3 is 10.2 Å². The Morgan fingerprint density at radius 1 is 1.36 bits per heavy atom. The minimum atomic E-state index is 0.911. The molecule has 0 bridgehead atoms.